The minimum atomic E-state index is -2.78. The van der Waals surface area contributed by atoms with E-state index in [0.29, 0.717) is 11.5 Å². The van der Waals surface area contributed by atoms with Gasteiger partial charge in [0.25, 0.3) is 0 Å². The van der Waals surface area contributed by atoms with Gasteiger partial charge in [-0.1, -0.05) is 32.4 Å². The third-order valence-corrected chi connectivity index (χ3v) is 4.27. The zero-order valence-corrected chi connectivity index (χ0v) is 13.0. The number of benzene rings is 1. The Bertz CT molecular complexity index is 462. The van der Waals surface area contributed by atoms with Crippen molar-refractivity contribution in [1.82, 2.24) is 5.32 Å². The van der Waals surface area contributed by atoms with Crippen LogP contribution < -0.4 is 10.1 Å². The zero-order valence-electron chi connectivity index (χ0n) is 13.0. The van der Waals surface area contributed by atoms with Gasteiger partial charge >= 0.3 is 6.61 Å². The standard InChI is InChI=1S/C17H25F2NO/c1-12(20-14-7-5-9-17(2,3)11-14)13-6-4-8-15(10-13)21-16(18)19/h4,6,8,10,12,14,16,20H,5,7,9,11H2,1-3H3. The summed E-state index contributed by atoms with van der Waals surface area (Å²) in [5, 5.41) is 3.63. The molecular weight excluding hydrogens is 272 g/mol. The summed E-state index contributed by atoms with van der Waals surface area (Å²) in [4.78, 5) is 0. The van der Waals surface area contributed by atoms with Crippen LogP contribution in [-0.4, -0.2) is 12.7 Å². The molecular formula is C17H25F2NO. The van der Waals surface area contributed by atoms with Gasteiger partial charge in [-0.25, -0.2) is 0 Å². The van der Waals surface area contributed by atoms with Crippen LogP contribution in [-0.2, 0) is 0 Å². The second-order valence-corrected chi connectivity index (χ2v) is 6.80. The molecule has 0 aromatic heterocycles. The van der Waals surface area contributed by atoms with Crippen molar-refractivity contribution in [2.75, 3.05) is 0 Å². The lowest BCUT2D eigenvalue weighted by molar-refractivity contribution is -0.0499. The lowest BCUT2D eigenvalue weighted by Gasteiger charge is -2.37. The molecule has 4 heteroatoms. The number of rotatable bonds is 5. The SMILES string of the molecule is CC(NC1CCCC(C)(C)C1)c1cccc(OC(F)F)c1. The first-order valence-electron chi connectivity index (χ1n) is 7.66. The Kier molecular flexibility index (Phi) is 5.20. The van der Waals surface area contributed by atoms with Crippen LogP contribution in [0.4, 0.5) is 8.78 Å². The summed E-state index contributed by atoms with van der Waals surface area (Å²) in [6.45, 7) is 3.91. The molecule has 1 aliphatic carbocycles. The van der Waals surface area contributed by atoms with Crippen LogP contribution in [0.5, 0.6) is 5.75 Å². The highest BCUT2D eigenvalue weighted by Crippen LogP contribution is 2.36. The predicted octanol–water partition coefficient (Wildman–Crippen LogP) is 4.91. The van der Waals surface area contributed by atoms with Crippen molar-refractivity contribution < 1.29 is 13.5 Å². The Labute approximate surface area is 125 Å². The fraction of sp³-hybridized carbons (Fsp3) is 0.647. The molecule has 1 N–H and O–H groups in total. The lowest BCUT2D eigenvalue weighted by atomic mass is 9.75. The second-order valence-electron chi connectivity index (χ2n) is 6.80. The number of hydrogen-bond acceptors (Lipinski definition) is 2. The average Bonchev–Trinajstić information content (AvgIpc) is 2.37. The maximum atomic E-state index is 12.3. The smallest absolute Gasteiger partial charge is 0.387 e. The first-order chi connectivity index (χ1) is 9.85. The average molecular weight is 297 g/mol. The van der Waals surface area contributed by atoms with Crippen molar-refractivity contribution >= 4 is 0 Å². The highest BCUT2D eigenvalue weighted by atomic mass is 19.3. The summed E-state index contributed by atoms with van der Waals surface area (Å²) in [5.74, 6) is 0.222. The van der Waals surface area contributed by atoms with Gasteiger partial charge in [0.05, 0.1) is 0 Å². The minimum Gasteiger partial charge on any atom is -0.435 e. The highest BCUT2D eigenvalue weighted by Gasteiger charge is 2.28. The molecule has 1 aromatic carbocycles. The number of halogens is 2. The molecule has 1 fully saturated rings. The summed E-state index contributed by atoms with van der Waals surface area (Å²) in [5.41, 5.74) is 1.37. The Morgan fingerprint density at radius 1 is 1.33 bits per heavy atom. The second kappa shape index (κ2) is 6.73. The number of nitrogens with one attached hydrogen (secondary N) is 1. The van der Waals surface area contributed by atoms with Crippen LogP contribution in [0.15, 0.2) is 24.3 Å². The quantitative estimate of drug-likeness (QED) is 0.834. The normalized spacial score (nSPS) is 23.0. The Balaban J connectivity index is 1.98. The van der Waals surface area contributed by atoms with E-state index in [4.69, 9.17) is 0 Å². The van der Waals surface area contributed by atoms with Gasteiger partial charge in [0, 0.05) is 12.1 Å². The molecule has 0 aliphatic heterocycles. The molecule has 0 saturated heterocycles. The summed E-state index contributed by atoms with van der Waals surface area (Å²) < 4.78 is 29.0. The van der Waals surface area contributed by atoms with E-state index in [0.717, 1.165) is 12.0 Å². The summed E-state index contributed by atoms with van der Waals surface area (Å²) in [6.07, 6.45) is 4.86. The molecule has 0 heterocycles. The van der Waals surface area contributed by atoms with Crippen molar-refractivity contribution in [3.05, 3.63) is 29.8 Å². The maximum absolute atomic E-state index is 12.3. The van der Waals surface area contributed by atoms with E-state index >= 15 is 0 Å². The molecule has 1 aliphatic rings. The summed E-state index contributed by atoms with van der Waals surface area (Å²) in [6, 6.07) is 7.58. The molecule has 118 valence electrons. The molecule has 0 bridgehead atoms. The number of alkyl halides is 2. The topological polar surface area (TPSA) is 21.3 Å². The third kappa shape index (κ3) is 4.95. The van der Waals surface area contributed by atoms with Crippen molar-refractivity contribution in [3.8, 4) is 5.75 Å². The van der Waals surface area contributed by atoms with E-state index in [1.165, 1.54) is 19.3 Å². The Morgan fingerprint density at radius 2 is 2.10 bits per heavy atom. The summed E-state index contributed by atoms with van der Waals surface area (Å²) in [7, 11) is 0. The van der Waals surface area contributed by atoms with Gasteiger partial charge in [-0.3, -0.25) is 0 Å². The molecule has 1 saturated carbocycles. The van der Waals surface area contributed by atoms with Gasteiger partial charge in [0.2, 0.25) is 0 Å². The molecule has 21 heavy (non-hydrogen) atoms. The largest absolute Gasteiger partial charge is 0.435 e. The first kappa shape index (κ1) is 16.2. The molecule has 0 radical (unpaired) electrons. The van der Waals surface area contributed by atoms with Gasteiger partial charge in [0.15, 0.2) is 0 Å². The van der Waals surface area contributed by atoms with Gasteiger partial charge in [-0.05, 0) is 49.3 Å². The van der Waals surface area contributed by atoms with Crippen molar-refractivity contribution in [3.63, 3.8) is 0 Å². The lowest BCUT2D eigenvalue weighted by Crippen LogP contribution is -2.38. The summed E-state index contributed by atoms with van der Waals surface area (Å²) >= 11 is 0. The Hall–Kier alpha value is -1.16. The van der Waals surface area contributed by atoms with Crippen molar-refractivity contribution in [2.45, 2.75) is 65.1 Å². The van der Waals surface area contributed by atoms with Crippen LogP contribution in [0.2, 0.25) is 0 Å². The first-order valence-corrected chi connectivity index (χ1v) is 7.66. The van der Waals surface area contributed by atoms with Crippen molar-refractivity contribution in [2.24, 2.45) is 5.41 Å². The van der Waals surface area contributed by atoms with Crippen LogP contribution in [0.1, 0.15) is 58.1 Å². The van der Waals surface area contributed by atoms with E-state index < -0.39 is 6.61 Å². The molecule has 2 rings (SSSR count). The molecule has 0 spiro atoms. The van der Waals surface area contributed by atoms with Crippen LogP contribution in [0.25, 0.3) is 0 Å². The molecule has 2 unspecified atom stereocenters. The van der Waals surface area contributed by atoms with Gasteiger partial charge < -0.3 is 10.1 Å². The third-order valence-electron chi connectivity index (χ3n) is 4.27. The Morgan fingerprint density at radius 3 is 2.76 bits per heavy atom. The molecule has 1 aromatic rings. The highest BCUT2D eigenvalue weighted by molar-refractivity contribution is 5.30. The fourth-order valence-electron chi connectivity index (χ4n) is 3.25. The van der Waals surface area contributed by atoms with E-state index in [2.05, 4.69) is 30.8 Å². The van der Waals surface area contributed by atoms with Gasteiger partial charge in [-0.15, -0.1) is 0 Å². The van der Waals surface area contributed by atoms with Crippen molar-refractivity contribution in [1.29, 1.82) is 0 Å². The zero-order chi connectivity index (χ0) is 15.5. The van der Waals surface area contributed by atoms with Gasteiger partial charge in [0.1, 0.15) is 5.75 Å². The van der Waals surface area contributed by atoms with E-state index in [1.54, 1.807) is 18.2 Å². The fourth-order valence-corrected chi connectivity index (χ4v) is 3.25. The molecule has 2 atom stereocenters. The van der Waals surface area contributed by atoms with Crippen LogP contribution in [0, 0.1) is 5.41 Å². The predicted molar refractivity (Wildman–Crippen MR) is 80.7 cm³/mol. The van der Waals surface area contributed by atoms with Crippen LogP contribution >= 0.6 is 0 Å². The van der Waals surface area contributed by atoms with Crippen LogP contribution in [0.3, 0.4) is 0 Å². The number of ether oxygens (including phenoxy) is 1. The maximum Gasteiger partial charge on any atom is 0.387 e. The van der Waals surface area contributed by atoms with E-state index in [-0.39, 0.29) is 11.8 Å². The van der Waals surface area contributed by atoms with E-state index in [9.17, 15) is 8.78 Å². The van der Waals surface area contributed by atoms with E-state index in [1.807, 2.05) is 6.07 Å². The van der Waals surface area contributed by atoms with Gasteiger partial charge in [-0.2, -0.15) is 8.78 Å². The molecule has 2 nitrogen and oxygen atoms in total. The number of hydrogen-bond donors (Lipinski definition) is 1. The molecule has 0 amide bonds. The monoisotopic (exact) mass is 297 g/mol. The minimum absolute atomic E-state index is 0.130.